The number of carbonyl (C=O) groups is 2. The molecule has 3 heterocycles. The Bertz CT molecular complexity index is 1350. The minimum atomic E-state index is -2.20. The number of imidazole rings is 1. The van der Waals surface area contributed by atoms with Gasteiger partial charge in [0.1, 0.15) is 0 Å². The van der Waals surface area contributed by atoms with Gasteiger partial charge in [0, 0.05) is 34.0 Å². The molecule has 3 unspecified atom stereocenters. The number of rotatable bonds is 6. The molecule has 35 heavy (non-hydrogen) atoms. The number of aromatic amines is 1. The second kappa shape index (κ2) is 9.01. The maximum atomic E-state index is 13.1. The first kappa shape index (κ1) is 20.4. The Kier molecular flexibility index (Phi) is 5.25. The van der Waals surface area contributed by atoms with Crippen LogP contribution in [0.3, 0.4) is 0 Å². The number of aryl methyl sites for hydroxylation is 1. The Morgan fingerprint density at radius 3 is 2.66 bits per heavy atom. The zero-order chi connectivity index (χ0) is 29.1. The monoisotopic (exact) mass is 483 g/mol. The van der Waals surface area contributed by atoms with E-state index in [2.05, 4.69) is 9.97 Å². The van der Waals surface area contributed by atoms with E-state index in [-0.39, 0.29) is 54.1 Å². The highest BCUT2D eigenvalue weighted by atomic mass is 16.5. The van der Waals surface area contributed by atoms with Gasteiger partial charge in [-0.05, 0) is 82.3 Å². The highest BCUT2D eigenvalue weighted by Crippen LogP contribution is 2.44. The number of ketones is 1. The Morgan fingerprint density at radius 2 is 2.00 bits per heavy atom. The van der Waals surface area contributed by atoms with E-state index in [1.54, 1.807) is 46.0 Å². The maximum absolute atomic E-state index is 13.1. The van der Waals surface area contributed by atoms with Gasteiger partial charge in [0.25, 0.3) is 0 Å². The molecule has 1 aliphatic carbocycles. The van der Waals surface area contributed by atoms with Crippen LogP contribution < -0.4 is 0 Å². The van der Waals surface area contributed by atoms with Crippen molar-refractivity contribution in [3.63, 3.8) is 0 Å². The van der Waals surface area contributed by atoms with Crippen LogP contribution in [0.4, 0.5) is 0 Å². The molecule has 0 bridgehead atoms. The lowest BCUT2D eigenvalue weighted by molar-refractivity contribution is -0.200. The molecular weight excluding hydrogens is 442 g/mol. The normalized spacial score (nSPS) is 31.1. The first-order valence-electron chi connectivity index (χ1n) is 14.0. The van der Waals surface area contributed by atoms with E-state index in [1.807, 2.05) is 13.8 Å². The molecule has 7 nitrogen and oxygen atoms in total. The third-order valence-corrected chi connectivity index (χ3v) is 6.63. The molecule has 0 spiro atoms. The van der Waals surface area contributed by atoms with Gasteiger partial charge < -0.3 is 14.8 Å². The third-order valence-electron chi connectivity index (χ3n) is 6.63. The second-order valence-electron chi connectivity index (χ2n) is 11.3. The number of pyridine rings is 1. The van der Waals surface area contributed by atoms with Crippen LogP contribution in [-0.4, -0.2) is 43.0 Å². The molecule has 0 aromatic carbocycles. The Labute approximate surface area is 213 Å². The number of allylic oxidation sites excluding steroid dienone is 2. The molecule has 0 radical (unpaired) electrons. The second-order valence-corrected chi connectivity index (χ2v) is 11.3. The van der Waals surface area contributed by atoms with E-state index in [9.17, 15) is 14.7 Å². The fourth-order valence-electron chi connectivity index (χ4n) is 4.91. The largest absolute Gasteiger partial charge is 0.479 e. The lowest BCUT2D eigenvalue weighted by atomic mass is 9.76. The van der Waals surface area contributed by atoms with E-state index in [1.165, 1.54) is 0 Å². The Hall–Kier alpha value is -2.80. The van der Waals surface area contributed by atoms with Gasteiger partial charge >= 0.3 is 5.97 Å². The van der Waals surface area contributed by atoms with Gasteiger partial charge in [0.05, 0.1) is 12.7 Å². The van der Waals surface area contributed by atoms with E-state index in [0.717, 1.165) is 5.69 Å². The van der Waals surface area contributed by atoms with Crippen LogP contribution in [0.25, 0.3) is 5.57 Å². The lowest BCUT2D eigenvalue weighted by Gasteiger charge is -2.44. The van der Waals surface area contributed by atoms with Crippen LogP contribution >= 0.6 is 0 Å². The minimum Gasteiger partial charge on any atom is -0.479 e. The van der Waals surface area contributed by atoms with E-state index in [0.29, 0.717) is 17.7 Å². The number of carboxylic acids is 1. The summed E-state index contributed by atoms with van der Waals surface area (Å²) in [4.78, 5) is 37.1. The first-order chi connectivity index (χ1) is 17.9. The summed E-state index contributed by atoms with van der Waals surface area (Å²) in [6, 6.07) is 3.50. The number of carboxylic acid groups (broad SMARTS) is 1. The Balaban J connectivity index is 1.86. The van der Waals surface area contributed by atoms with Crippen molar-refractivity contribution in [3.05, 3.63) is 52.9 Å². The molecule has 2 aromatic heterocycles. The van der Waals surface area contributed by atoms with E-state index < -0.39 is 35.4 Å². The zero-order valence-electron chi connectivity index (χ0n) is 25.3. The molecule has 1 saturated heterocycles. The van der Waals surface area contributed by atoms with Gasteiger partial charge in [-0.3, -0.25) is 9.78 Å². The fraction of sp³-hybridized carbons (Fsp3) is 0.571. The maximum Gasteiger partial charge on any atom is 0.335 e. The number of nitrogens with one attached hydrogen (secondary N) is 1. The van der Waals surface area contributed by atoms with Crippen LogP contribution in [0.5, 0.6) is 0 Å². The van der Waals surface area contributed by atoms with Crippen molar-refractivity contribution in [2.24, 2.45) is 5.41 Å². The molecule has 1 aliphatic heterocycles. The average molecular weight is 484 g/mol. The van der Waals surface area contributed by atoms with Gasteiger partial charge in [-0.2, -0.15) is 0 Å². The van der Waals surface area contributed by atoms with Gasteiger partial charge in [0.15, 0.2) is 11.4 Å². The van der Waals surface area contributed by atoms with E-state index >= 15 is 0 Å². The van der Waals surface area contributed by atoms with Crippen LogP contribution in [0, 0.1) is 12.3 Å². The standard InChI is InChI=1S/C28H37N3O4/c1-17-16-29-24(30-17)22(32)13-19-7-8-21(31-23(19)18-9-11-26(2,3)12-10-18)20-14-27(4,5)35-28(6,15-20)25(33)34/h7-9,16,20H,10-15H2,1-6H3,(H,29,30)(H,33,34)/i9D,10D2,12D. The van der Waals surface area contributed by atoms with Crippen LogP contribution in [0.15, 0.2) is 24.4 Å². The summed E-state index contributed by atoms with van der Waals surface area (Å²) in [6.07, 6.45) is -1.09. The van der Waals surface area contributed by atoms with Crippen molar-refractivity contribution in [2.75, 3.05) is 0 Å². The molecular formula is C28H37N3O4. The molecule has 1 fully saturated rings. The molecule has 188 valence electrons. The number of aliphatic carboxylic acids is 1. The first-order valence-corrected chi connectivity index (χ1v) is 12.0. The van der Waals surface area contributed by atoms with Crippen molar-refractivity contribution in [3.8, 4) is 0 Å². The Morgan fingerprint density at radius 1 is 1.26 bits per heavy atom. The summed E-state index contributed by atoms with van der Waals surface area (Å²) in [5.41, 5.74) is -1.06. The number of ether oxygens (including phenoxy) is 1. The fourth-order valence-corrected chi connectivity index (χ4v) is 4.91. The predicted molar refractivity (Wildman–Crippen MR) is 134 cm³/mol. The lowest BCUT2D eigenvalue weighted by Crippen LogP contribution is -2.51. The molecule has 2 aliphatic rings. The highest BCUT2D eigenvalue weighted by molar-refractivity contribution is 5.94. The summed E-state index contributed by atoms with van der Waals surface area (Å²) >= 11 is 0. The summed E-state index contributed by atoms with van der Waals surface area (Å²) in [7, 11) is 0. The number of carbonyl (C=O) groups excluding carboxylic acids is 1. The van der Waals surface area contributed by atoms with Crippen molar-refractivity contribution in [1.29, 1.82) is 0 Å². The zero-order valence-corrected chi connectivity index (χ0v) is 21.3. The smallest absolute Gasteiger partial charge is 0.335 e. The van der Waals surface area contributed by atoms with Gasteiger partial charge in [-0.15, -0.1) is 0 Å². The van der Waals surface area contributed by atoms with Gasteiger partial charge in [0.2, 0.25) is 5.78 Å². The molecule has 3 atom stereocenters. The number of hydrogen-bond acceptors (Lipinski definition) is 5. The summed E-state index contributed by atoms with van der Waals surface area (Å²) in [6.45, 7) is 10.5. The number of aromatic nitrogens is 3. The van der Waals surface area contributed by atoms with Crippen molar-refractivity contribution in [1.82, 2.24) is 15.0 Å². The molecule has 7 heteroatoms. The number of H-pyrrole nitrogens is 1. The third kappa shape index (κ3) is 5.56. The number of nitrogens with zero attached hydrogens (tertiary/aromatic N) is 2. The average Bonchev–Trinajstić information content (AvgIpc) is 3.23. The van der Waals surface area contributed by atoms with Gasteiger partial charge in [-0.1, -0.05) is 26.0 Å². The molecule has 2 aromatic rings. The summed E-state index contributed by atoms with van der Waals surface area (Å²) in [5, 5.41) is 9.89. The van der Waals surface area contributed by atoms with E-state index in [4.69, 9.17) is 15.2 Å². The SMILES string of the molecule is [2H]C1=C(c2nc(C3CC(C)(C)OC(C)(C(=O)O)C3)ccc2CC(=O)c2ncc(C)[nH]2)C([2H])([2H])C([2H])C(C)(C)C1. The number of Topliss-reactive ketones (excluding diaryl/α,β-unsaturated/α-hetero) is 1. The summed E-state index contributed by atoms with van der Waals surface area (Å²) in [5.74, 6) is -1.53. The predicted octanol–water partition coefficient (Wildman–Crippen LogP) is 5.65. The minimum absolute atomic E-state index is 0.00872. The quantitative estimate of drug-likeness (QED) is 0.515. The highest BCUT2D eigenvalue weighted by Gasteiger charge is 2.48. The molecule has 2 N–H and O–H groups in total. The molecule has 4 rings (SSSR count). The van der Waals surface area contributed by atoms with Crippen molar-refractivity contribution < 1.29 is 24.9 Å². The van der Waals surface area contributed by atoms with Crippen LogP contribution in [0.1, 0.15) is 111 Å². The summed E-state index contributed by atoms with van der Waals surface area (Å²) < 4.78 is 41.3. The molecule has 0 saturated carbocycles. The van der Waals surface area contributed by atoms with Gasteiger partial charge in [-0.25, -0.2) is 9.78 Å². The topological polar surface area (TPSA) is 105 Å². The van der Waals surface area contributed by atoms with Crippen molar-refractivity contribution in [2.45, 2.75) is 97.1 Å². The van der Waals surface area contributed by atoms with Crippen LogP contribution in [-0.2, 0) is 16.0 Å². The van der Waals surface area contributed by atoms with Crippen LogP contribution in [0.2, 0.25) is 0 Å². The number of hydrogen-bond donors (Lipinski definition) is 2. The molecule has 0 amide bonds. The van der Waals surface area contributed by atoms with Crippen molar-refractivity contribution >= 4 is 17.3 Å².